The van der Waals surface area contributed by atoms with Gasteiger partial charge in [-0.1, -0.05) is 12.1 Å². The minimum atomic E-state index is -0.319. The molecule has 1 aliphatic heterocycles. The van der Waals surface area contributed by atoms with Gasteiger partial charge in [0.15, 0.2) is 5.82 Å². The number of nitrogens with zero attached hydrogens (tertiary/aromatic N) is 3. The van der Waals surface area contributed by atoms with E-state index in [1.807, 2.05) is 6.07 Å². The number of para-hydroxylation sites is 1. The van der Waals surface area contributed by atoms with E-state index < -0.39 is 0 Å². The van der Waals surface area contributed by atoms with Crippen LogP contribution in [0.4, 0.5) is 10.2 Å². The Balaban J connectivity index is 1.92. The summed E-state index contributed by atoms with van der Waals surface area (Å²) in [6.07, 6.45) is 2.03. The molecule has 0 unspecified atom stereocenters. The van der Waals surface area contributed by atoms with Crippen LogP contribution in [0.5, 0.6) is 5.75 Å². The van der Waals surface area contributed by atoms with E-state index in [1.54, 1.807) is 31.4 Å². The second-order valence-electron chi connectivity index (χ2n) is 6.49. The van der Waals surface area contributed by atoms with Gasteiger partial charge in [0.25, 0.3) is 0 Å². The number of halogens is 1. The minimum absolute atomic E-state index is 0.120. The number of rotatable bonds is 4. The van der Waals surface area contributed by atoms with Gasteiger partial charge < -0.3 is 14.7 Å². The molecule has 26 heavy (non-hydrogen) atoms. The van der Waals surface area contributed by atoms with Gasteiger partial charge in [-0.05, 0) is 43.2 Å². The predicted octanol–water partition coefficient (Wildman–Crippen LogP) is 3.76. The molecule has 0 saturated carbocycles. The first-order valence-electron chi connectivity index (χ1n) is 8.68. The van der Waals surface area contributed by atoms with Crippen molar-refractivity contribution in [3.63, 3.8) is 0 Å². The number of phenols is 1. The third-order valence-corrected chi connectivity index (χ3v) is 4.79. The maximum absolute atomic E-state index is 13.9. The fraction of sp³-hybridized carbons (Fsp3) is 0.300. The lowest BCUT2D eigenvalue weighted by Gasteiger charge is -2.26. The number of hydrogen-bond donors (Lipinski definition) is 1. The van der Waals surface area contributed by atoms with E-state index in [-0.39, 0.29) is 17.6 Å². The highest BCUT2D eigenvalue weighted by Crippen LogP contribution is 2.34. The fourth-order valence-corrected chi connectivity index (χ4v) is 3.57. The number of fused-ring (bicyclic) bond motifs is 1. The lowest BCUT2D eigenvalue weighted by atomic mass is 10.1. The van der Waals surface area contributed by atoms with Crippen LogP contribution >= 0.6 is 0 Å². The molecule has 1 fully saturated rings. The quantitative estimate of drug-likeness (QED) is 0.774. The van der Waals surface area contributed by atoms with Gasteiger partial charge in [0.05, 0.1) is 23.7 Å². The first kappa shape index (κ1) is 16.7. The number of hydrogen-bond acceptors (Lipinski definition) is 5. The van der Waals surface area contributed by atoms with Gasteiger partial charge in [0.2, 0.25) is 0 Å². The number of benzene rings is 2. The fourth-order valence-electron chi connectivity index (χ4n) is 3.57. The van der Waals surface area contributed by atoms with Gasteiger partial charge in [-0.2, -0.15) is 0 Å². The standard InChI is InChI=1S/C20H20FN3O2/c1-26-12-14-5-4-10-24(14)20-16-11-13(21)8-9-17(16)22-19(23-20)15-6-2-3-7-18(15)25/h2-3,6-9,11,14,25H,4-5,10,12H2,1H3/t14-/m0/s1. The van der Waals surface area contributed by atoms with Crippen molar-refractivity contribution < 1.29 is 14.2 Å². The number of anilines is 1. The van der Waals surface area contributed by atoms with E-state index in [1.165, 1.54) is 12.1 Å². The number of phenolic OH excluding ortho intramolecular Hbond substituents is 1. The molecule has 1 saturated heterocycles. The Morgan fingerprint density at radius 2 is 2.08 bits per heavy atom. The molecule has 1 atom stereocenters. The third kappa shape index (κ3) is 2.97. The molecule has 6 heteroatoms. The Hall–Kier alpha value is -2.73. The molecule has 0 aliphatic carbocycles. The smallest absolute Gasteiger partial charge is 0.165 e. The van der Waals surface area contributed by atoms with Crippen molar-refractivity contribution in [3.8, 4) is 17.1 Å². The van der Waals surface area contributed by atoms with E-state index in [0.717, 1.165) is 19.4 Å². The van der Waals surface area contributed by atoms with Crippen LogP contribution < -0.4 is 4.90 Å². The van der Waals surface area contributed by atoms with Gasteiger partial charge in [-0.25, -0.2) is 14.4 Å². The number of aromatic hydroxyl groups is 1. The molecule has 4 rings (SSSR count). The molecule has 0 spiro atoms. The largest absolute Gasteiger partial charge is 0.507 e. The van der Waals surface area contributed by atoms with Crippen LogP contribution in [0.2, 0.25) is 0 Å². The van der Waals surface area contributed by atoms with E-state index >= 15 is 0 Å². The molecule has 0 bridgehead atoms. The molecule has 1 aromatic heterocycles. The summed E-state index contributed by atoms with van der Waals surface area (Å²) in [6, 6.07) is 11.7. The monoisotopic (exact) mass is 353 g/mol. The zero-order valence-electron chi connectivity index (χ0n) is 14.5. The summed E-state index contributed by atoms with van der Waals surface area (Å²) in [5.41, 5.74) is 1.21. The molecular weight excluding hydrogens is 333 g/mol. The molecule has 1 N–H and O–H groups in total. The summed E-state index contributed by atoms with van der Waals surface area (Å²) < 4.78 is 19.2. The van der Waals surface area contributed by atoms with E-state index in [9.17, 15) is 9.50 Å². The highest BCUT2D eigenvalue weighted by Gasteiger charge is 2.28. The summed E-state index contributed by atoms with van der Waals surface area (Å²) in [5, 5.41) is 10.9. The van der Waals surface area contributed by atoms with Crippen LogP contribution in [-0.2, 0) is 4.74 Å². The lowest BCUT2D eigenvalue weighted by molar-refractivity contribution is 0.180. The summed E-state index contributed by atoms with van der Waals surface area (Å²) in [7, 11) is 1.68. The molecule has 0 amide bonds. The zero-order valence-corrected chi connectivity index (χ0v) is 14.5. The first-order valence-corrected chi connectivity index (χ1v) is 8.68. The highest BCUT2D eigenvalue weighted by atomic mass is 19.1. The van der Waals surface area contributed by atoms with Gasteiger partial charge in [-0.15, -0.1) is 0 Å². The molecular formula is C20H20FN3O2. The van der Waals surface area contributed by atoms with Gasteiger partial charge >= 0.3 is 0 Å². The van der Waals surface area contributed by atoms with Crippen LogP contribution in [0.15, 0.2) is 42.5 Å². The lowest BCUT2D eigenvalue weighted by Crippen LogP contribution is -2.33. The van der Waals surface area contributed by atoms with Crippen molar-refractivity contribution >= 4 is 16.7 Å². The second kappa shape index (κ2) is 6.88. The number of methoxy groups -OCH3 is 1. The van der Waals surface area contributed by atoms with E-state index in [2.05, 4.69) is 9.88 Å². The normalized spacial score (nSPS) is 17.2. The van der Waals surface area contributed by atoms with Crippen LogP contribution in [-0.4, -0.2) is 41.4 Å². The summed E-state index contributed by atoms with van der Waals surface area (Å²) >= 11 is 0. The van der Waals surface area contributed by atoms with Crippen LogP contribution in [0.1, 0.15) is 12.8 Å². The maximum atomic E-state index is 13.9. The molecule has 5 nitrogen and oxygen atoms in total. The molecule has 134 valence electrons. The number of ether oxygens (including phenoxy) is 1. The predicted molar refractivity (Wildman–Crippen MR) is 98.8 cm³/mol. The molecule has 2 heterocycles. The maximum Gasteiger partial charge on any atom is 0.165 e. The van der Waals surface area contributed by atoms with Crippen LogP contribution in [0.25, 0.3) is 22.3 Å². The number of aromatic nitrogens is 2. The minimum Gasteiger partial charge on any atom is -0.507 e. The Morgan fingerprint density at radius 3 is 2.88 bits per heavy atom. The Bertz CT molecular complexity index is 947. The molecule has 2 aromatic carbocycles. The van der Waals surface area contributed by atoms with Crippen molar-refractivity contribution in [3.05, 3.63) is 48.3 Å². The summed E-state index contributed by atoms with van der Waals surface area (Å²) in [6.45, 7) is 1.42. The Kier molecular flexibility index (Phi) is 4.42. The third-order valence-electron chi connectivity index (χ3n) is 4.79. The van der Waals surface area contributed by atoms with Crippen molar-refractivity contribution in [2.45, 2.75) is 18.9 Å². The molecule has 1 aliphatic rings. The highest BCUT2D eigenvalue weighted by molar-refractivity contribution is 5.91. The molecule has 3 aromatic rings. The van der Waals surface area contributed by atoms with Crippen molar-refractivity contribution in [1.29, 1.82) is 0 Å². The Morgan fingerprint density at radius 1 is 1.23 bits per heavy atom. The molecule has 0 radical (unpaired) electrons. The average Bonchev–Trinajstić information content (AvgIpc) is 3.10. The summed E-state index contributed by atoms with van der Waals surface area (Å²) in [4.78, 5) is 11.4. The Labute approximate surface area is 151 Å². The van der Waals surface area contributed by atoms with Gasteiger partial charge in [0, 0.05) is 19.0 Å². The van der Waals surface area contributed by atoms with Crippen molar-refractivity contribution in [2.75, 3.05) is 25.2 Å². The van der Waals surface area contributed by atoms with Gasteiger partial charge in [0.1, 0.15) is 17.4 Å². The van der Waals surface area contributed by atoms with Crippen LogP contribution in [0.3, 0.4) is 0 Å². The van der Waals surface area contributed by atoms with Crippen LogP contribution in [0, 0.1) is 5.82 Å². The summed E-state index contributed by atoms with van der Waals surface area (Å²) in [5.74, 6) is 0.919. The first-order chi connectivity index (χ1) is 12.7. The second-order valence-corrected chi connectivity index (χ2v) is 6.49. The SMILES string of the molecule is COC[C@@H]1CCCN1c1nc(-c2ccccc2O)nc2ccc(F)cc12. The van der Waals surface area contributed by atoms with E-state index in [0.29, 0.717) is 34.7 Å². The van der Waals surface area contributed by atoms with Crippen molar-refractivity contribution in [2.24, 2.45) is 0 Å². The van der Waals surface area contributed by atoms with Gasteiger partial charge in [-0.3, -0.25) is 0 Å². The zero-order chi connectivity index (χ0) is 18.1. The van der Waals surface area contributed by atoms with Crippen molar-refractivity contribution in [1.82, 2.24) is 9.97 Å². The average molecular weight is 353 g/mol. The topological polar surface area (TPSA) is 58.5 Å². The van der Waals surface area contributed by atoms with E-state index in [4.69, 9.17) is 9.72 Å².